The van der Waals surface area contributed by atoms with E-state index in [0.29, 0.717) is 56.8 Å². The van der Waals surface area contributed by atoms with Gasteiger partial charge in [0.15, 0.2) is 16.7 Å². The van der Waals surface area contributed by atoms with Crippen molar-refractivity contribution in [1.29, 1.82) is 0 Å². The Morgan fingerprint density at radius 1 is 1.02 bits per heavy atom. The molecule has 11 heteroatoms. The third-order valence-corrected chi connectivity index (χ3v) is 8.60. The molecule has 4 rings (SSSR count). The molecule has 0 fully saturated rings. The van der Waals surface area contributed by atoms with Gasteiger partial charge in [0.25, 0.3) is 5.56 Å². The molecule has 9 nitrogen and oxygen atoms in total. The molecule has 0 atom stereocenters. The lowest BCUT2D eigenvalue weighted by atomic mass is 10.1. The van der Waals surface area contributed by atoms with Crippen LogP contribution in [0.2, 0.25) is 0 Å². The highest BCUT2D eigenvalue weighted by Crippen LogP contribution is 2.31. The van der Waals surface area contributed by atoms with Crippen molar-refractivity contribution < 1.29 is 23.8 Å². The molecule has 0 radical (unpaired) electrons. The first kappa shape index (κ1) is 30.1. The van der Waals surface area contributed by atoms with Crippen LogP contribution in [0.5, 0.6) is 11.5 Å². The number of nitrogens with zero attached hydrogens (tertiary/aromatic N) is 2. The van der Waals surface area contributed by atoms with E-state index in [4.69, 9.17) is 19.2 Å². The number of aromatic nitrogens is 2. The standard InChI is InChI=1S/C30H33N3O6S2/c1-5-39-29(36)26-19(2)25-27(41-26)32-30(40-18-24(34)31-15-13-20-9-7-6-8-10-20)33(28(25)35)16-14-21-11-12-22(37-3)23(17-21)38-4/h6-12,17H,5,13-16,18H2,1-4H3,(H,31,34). The second-order valence-corrected chi connectivity index (χ2v) is 11.1. The maximum Gasteiger partial charge on any atom is 0.348 e. The Balaban J connectivity index is 1.58. The fourth-order valence-electron chi connectivity index (χ4n) is 4.35. The number of rotatable bonds is 13. The molecular weight excluding hydrogens is 562 g/mol. The number of esters is 1. The van der Waals surface area contributed by atoms with Crippen molar-refractivity contribution in [2.24, 2.45) is 0 Å². The first-order valence-electron chi connectivity index (χ1n) is 13.2. The summed E-state index contributed by atoms with van der Waals surface area (Å²) in [4.78, 5) is 44.5. The van der Waals surface area contributed by atoms with Gasteiger partial charge in [0.05, 0.1) is 32.0 Å². The number of nitrogens with one attached hydrogen (secondary N) is 1. The molecule has 0 spiro atoms. The molecule has 0 bridgehead atoms. The number of benzene rings is 2. The van der Waals surface area contributed by atoms with Crippen molar-refractivity contribution in [3.8, 4) is 11.5 Å². The quantitative estimate of drug-likeness (QED) is 0.135. The highest BCUT2D eigenvalue weighted by atomic mass is 32.2. The predicted octanol–water partition coefficient (Wildman–Crippen LogP) is 4.65. The number of thioether (sulfide) groups is 1. The molecule has 0 unspecified atom stereocenters. The highest BCUT2D eigenvalue weighted by molar-refractivity contribution is 7.99. The topological polar surface area (TPSA) is 109 Å². The molecule has 2 aromatic heterocycles. The summed E-state index contributed by atoms with van der Waals surface area (Å²) in [6.07, 6.45) is 1.24. The lowest BCUT2D eigenvalue weighted by Gasteiger charge is -2.14. The molecule has 1 amide bonds. The zero-order chi connectivity index (χ0) is 29.4. The van der Waals surface area contributed by atoms with E-state index >= 15 is 0 Å². The van der Waals surface area contributed by atoms with Crippen LogP contribution in [-0.2, 0) is 28.9 Å². The van der Waals surface area contributed by atoms with Crippen molar-refractivity contribution in [2.75, 3.05) is 33.1 Å². The summed E-state index contributed by atoms with van der Waals surface area (Å²) in [5.74, 6) is 0.683. The van der Waals surface area contributed by atoms with E-state index < -0.39 is 5.97 Å². The lowest BCUT2D eigenvalue weighted by molar-refractivity contribution is -0.118. The number of carbonyl (C=O) groups is 2. The minimum atomic E-state index is -0.476. The monoisotopic (exact) mass is 595 g/mol. The van der Waals surface area contributed by atoms with Crippen LogP contribution in [0.1, 0.15) is 33.3 Å². The first-order valence-corrected chi connectivity index (χ1v) is 15.0. The molecule has 0 saturated carbocycles. The normalized spacial score (nSPS) is 10.9. The Labute approximate surface area is 246 Å². The zero-order valence-electron chi connectivity index (χ0n) is 23.5. The third kappa shape index (κ3) is 7.28. The zero-order valence-corrected chi connectivity index (χ0v) is 25.2. The van der Waals surface area contributed by atoms with Crippen LogP contribution < -0.4 is 20.3 Å². The van der Waals surface area contributed by atoms with Crippen LogP contribution in [0.25, 0.3) is 10.2 Å². The molecule has 216 valence electrons. The van der Waals surface area contributed by atoms with Gasteiger partial charge in [-0.3, -0.25) is 14.2 Å². The number of thiophene rings is 1. The maximum absolute atomic E-state index is 13.8. The van der Waals surface area contributed by atoms with Crippen LogP contribution in [0, 0.1) is 6.92 Å². The minimum Gasteiger partial charge on any atom is -0.493 e. The van der Waals surface area contributed by atoms with Gasteiger partial charge in [0, 0.05) is 13.1 Å². The summed E-state index contributed by atoms with van der Waals surface area (Å²) in [5, 5.41) is 3.74. The number of carbonyl (C=O) groups excluding carboxylic acids is 2. The number of amides is 1. The second-order valence-electron chi connectivity index (χ2n) is 9.12. The van der Waals surface area contributed by atoms with Gasteiger partial charge in [-0.1, -0.05) is 48.2 Å². The SMILES string of the molecule is CCOC(=O)c1sc2nc(SCC(=O)NCCc3ccccc3)n(CCc3ccc(OC)c(OC)c3)c(=O)c2c1C. The Morgan fingerprint density at radius 3 is 2.49 bits per heavy atom. The van der Waals surface area contributed by atoms with E-state index in [1.165, 1.54) is 11.8 Å². The number of ether oxygens (including phenoxy) is 3. The largest absolute Gasteiger partial charge is 0.493 e. The van der Waals surface area contributed by atoms with Crippen molar-refractivity contribution in [1.82, 2.24) is 14.9 Å². The van der Waals surface area contributed by atoms with E-state index in [2.05, 4.69) is 5.32 Å². The number of aryl methyl sites for hydroxylation is 2. The number of hydrogen-bond acceptors (Lipinski definition) is 9. The smallest absolute Gasteiger partial charge is 0.348 e. The summed E-state index contributed by atoms with van der Waals surface area (Å²) in [6, 6.07) is 15.5. The maximum atomic E-state index is 13.8. The van der Waals surface area contributed by atoms with Gasteiger partial charge in [-0.2, -0.15) is 0 Å². The lowest BCUT2D eigenvalue weighted by Crippen LogP contribution is -2.28. The van der Waals surface area contributed by atoms with Gasteiger partial charge in [-0.05, 0) is 55.5 Å². The van der Waals surface area contributed by atoms with Gasteiger partial charge in [-0.25, -0.2) is 9.78 Å². The second kappa shape index (κ2) is 14.2. The average molecular weight is 596 g/mol. The third-order valence-electron chi connectivity index (χ3n) is 6.46. The van der Waals surface area contributed by atoms with E-state index in [-0.39, 0.29) is 23.8 Å². The highest BCUT2D eigenvalue weighted by Gasteiger charge is 2.23. The Bertz CT molecular complexity index is 1580. The van der Waals surface area contributed by atoms with E-state index in [1.807, 2.05) is 48.5 Å². The summed E-state index contributed by atoms with van der Waals surface area (Å²) in [5.41, 5.74) is 2.38. The Hall–Kier alpha value is -3.83. The Kier molecular flexibility index (Phi) is 10.4. The number of methoxy groups -OCH3 is 2. The first-order chi connectivity index (χ1) is 19.9. The molecular formula is C30H33N3O6S2. The molecule has 0 aliphatic heterocycles. The molecule has 2 aromatic carbocycles. The molecule has 2 heterocycles. The molecule has 0 aliphatic rings. The van der Waals surface area contributed by atoms with Crippen LogP contribution in [-0.4, -0.2) is 54.6 Å². The molecule has 0 saturated heterocycles. The summed E-state index contributed by atoms with van der Waals surface area (Å²) >= 11 is 2.33. The van der Waals surface area contributed by atoms with Crippen LogP contribution >= 0.6 is 23.1 Å². The van der Waals surface area contributed by atoms with Crippen molar-refractivity contribution in [3.63, 3.8) is 0 Å². The summed E-state index contributed by atoms with van der Waals surface area (Å²) in [7, 11) is 3.15. The molecule has 0 aliphatic carbocycles. The Morgan fingerprint density at radius 2 is 1.78 bits per heavy atom. The summed E-state index contributed by atoms with van der Waals surface area (Å²) < 4.78 is 17.5. The molecule has 1 N–H and O–H groups in total. The van der Waals surface area contributed by atoms with E-state index in [1.54, 1.807) is 32.6 Å². The molecule has 4 aromatic rings. The predicted molar refractivity (Wildman–Crippen MR) is 162 cm³/mol. The number of fused-ring (bicyclic) bond motifs is 1. The van der Waals surface area contributed by atoms with Crippen molar-refractivity contribution >= 4 is 45.2 Å². The van der Waals surface area contributed by atoms with Crippen LogP contribution in [0.15, 0.2) is 58.5 Å². The van der Waals surface area contributed by atoms with Gasteiger partial charge >= 0.3 is 5.97 Å². The fraction of sp³-hybridized carbons (Fsp3) is 0.333. The van der Waals surface area contributed by atoms with Gasteiger partial charge < -0.3 is 19.5 Å². The van der Waals surface area contributed by atoms with Crippen LogP contribution in [0.3, 0.4) is 0 Å². The fourth-order valence-corrected chi connectivity index (χ4v) is 6.32. The van der Waals surface area contributed by atoms with Gasteiger partial charge in [0.1, 0.15) is 9.71 Å². The molecule has 41 heavy (non-hydrogen) atoms. The average Bonchev–Trinajstić information content (AvgIpc) is 3.32. The van der Waals surface area contributed by atoms with Crippen molar-refractivity contribution in [2.45, 2.75) is 38.4 Å². The summed E-state index contributed by atoms with van der Waals surface area (Å²) in [6.45, 7) is 4.53. The number of hydrogen-bond donors (Lipinski definition) is 1. The van der Waals surface area contributed by atoms with E-state index in [0.717, 1.165) is 28.9 Å². The van der Waals surface area contributed by atoms with Crippen LogP contribution in [0.4, 0.5) is 0 Å². The van der Waals surface area contributed by atoms with E-state index in [9.17, 15) is 14.4 Å². The van der Waals surface area contributed by atoms with Gasteiger partial charge in [0.2, 0.25) is 5.91 Å². The van der Waals surface area contributed by atoms with Gasteiger partial charge in [-0.15, -0.1) is 11.3 Å². The minimum absolute atomic E-state index is 0.0954. The van der Waals surface area contributed by atoms with Crippen molar-refractivity contribution in [3.05, 3.63) is 80.5 Å².